The number of halogens is 3. The van der Waals surface area contributed by atoms with Gasteiger partial charge in [-0.05, 0) is 32.9 Å². The largest absolute Gasteiger partial charge is 0.444 e. The molecule has 0 saturated heterocycles. The van der Waals surface area contributed by atoms with Gasteiger partial charge in [0.05, 0.1) is 0 Å². The van der Waals surface area contributed by atoms with E-state index in [-0.39, 0.29) is 21.6 Å². The standard InChI is InChI=1S/C14H18BrClFNO4/c1-14(2,3)22-13(21)18-6-10(19)12(20)11-8(15)4-7(16)5-9(11)17/h4-5,10,12,19-20H,6H2,1-3H3,(H,18,21). The zero-order valence-corrected chi connectivity index (χ0v) is 14.7. The number of carbonyl (C=O) groups excluding carboxylic acids is 1. The number of amides is 1. The monoisotopic (exact) mass is 397 g/mol. The molecule has 1 rings (SSSR count). The molecular weight excluding hydrogens is 381 g/mol. The van der Waals surface area contributed by atoms with Crippen LogP contribution in [-0.4, -0.2) is 34.6 Å². The zero-order chi connectivity index (χ0) is 17.1. The van der Waals surface area contributed by atoms with Crippen LogP contribution >= 0.6 is 27.5 Å². The summed E-state index contributed by atoms with van der Waals surface area (Å²) in [5, 5.41) is 22.4. The van der Waals surface area contributed by atoms with Crippen molar-refractivity contribution in [3.63, 3.8) is 0 Å². The predicted molar refractivity (Wildman–Crippen MR) is 84.3 cm³/mol. The van der Waals surface area contributed by atoms with E-state index in [0.29, 0.717) is 0 Å². The molecule has 0 aliphatic heterocycles. The minimum Gasteiger partial charge on any atom is -0.444 e. The number of hydrogen-bond acceptors (Lipinski definition) is 4. The number of ether oxygens (including phenoxy) is 1. The lowest BCUT2D eigenvalue weighted by Crippen LogP contribution is -2.39. The van der Waals surface area contributed by atoms with Crippen LogP contribution in [-0.2, 0) is 4.74 Å². The van der Waals surface area contributed by atoms with Crippen molar-refractivity contribution in [3.8, 4) is 0 Å². The molecule has 0 bridgehead atoms. The van der Waals surface area contributed by atoms with Crippen molar-refractivity contribution in [2.24, 2.45) is 0 Å². The lowest BCUT2D eigenvalue weighted by Gasteiger charge is -2.23. The van der Waals surface area contributed by atoms with E-state index in [2.05, 4.69) is 21.2 Å². The van der Waals surface area contributed by atoms with Crippen molar-refractivity contribution in [2.75, 3.05) is 6.54 Å². The van der Waals surface area contributed by atoms with E-state index >= 15 is 0 Å². The fourth-order valence-electron chi connectivity index (χ4n) is 1.64. The highest BCUT2D eigenvalue weighted by atomic mass is 79.9. The zero-order valence-electron chi connectivity index (χ0n) is 12.4. The predicted octanol–water partition coefficient (Wildman–Crippen LogP) is 3.16. The molecule has 0 radical (unpaired) electrons. The number of carbonyl (C=O) groups is 1. The topological polar surface area (TPSA) is 78.8 Å². The van der Waals surface area contributed by atoms with Crippen LogP contribution < -0.4 is 5.32 Å². The van der Waals surface area contributed by atoms with Crippen LogP contribution in [0.3, 0.4) is 0 Å². The molecule has 0 aliphatic rings. The number of nitrogens with one attached hydrogen (secondary N) is 1. The summed E-state index contributed by atoms with van der Waals surface area (Å²) in [6.07, 6.45) is -3.70. The fourth-order valence-corrected chi connectivity index (χ4v) is 2.65. The Labute approximate surface area is 141 Å². The summed E-state index contributed by atoms with van der Waals surface area (Å²) in [4.78, 5) is 11.5. The third kappa shape index (κ3) is 5.72. The average molecular weight is 399 g/mol. The van der Waals surface area contributed by atoms with Crippen LogP contribution in [0, 0.1) is 5.82 Å². The summed E-state index contributed by atoms with van der Waals surface area (Å²) in [6.45, 7) is 4.78. The van der Waals surface area contributed by atoms with E-state index in [0.717, 1.165) is 6.07 Å². The summed E-state index contributed by atoms with van der Waals surface area (Å²) < 4.78 is 19.1. The molecule has 0 fully saturated rings. The molecule has 0 aromatic heterocycles. The Morgan fingerprint density at radius 3 is 2.55 bits per heavy atom. The van der Waals surface area contributed by atoms with Crippen molar-refractivity contribution in [1.82, 2.24) is 5.32 Å². The Hall–Kier alpha value is -0.890. The van der Waals surface area contributed by atoms with E-state index in [9.17, 15) is 19.4 Å². The van der Waals surface area contributed by atoms with E-state index in [1.54, 1.807) is 20.8 Å². The number of benzene rings is 1. The first-order valence-corrected chi connectivity index (χ1v) is 7.66. The third-order valence-electron chi connectivity index (χ3n) is 2.56. The van der Waals surface area contributed by atoms with Gasteiger partial charge in [-0.3, -0.25) is 0 Å². The van der Waals surface area contributed by atoms with Gasteiger partial charge in [-0.2, -0.15) is 0 Å². The molecule has 1 amide bonds. The first-order chi connectivity index (χ1) is 10.0. The molecule has 3 N–H and O–H groups in total. The van der Waals surface area contributed by atoms with Gasteiger partial charge in [0.1, 0.15) is 23.6 Å². The maximum Gasteiger partial charge on any atom is 0.407 e. The lowest BCUT2D eigenvalue weighted by atomic mass is 10.0. The first kappa shape index (κ1) is 19.2. The van der Waals surface area contributed by atoms with Crippen LogP contribution in [0.2, 0.25) is 5.02 Å². The summed E-state index contributed by atoms with van der Waals surface area (Å²) in [7, 11) is 0. The molecule has 1 aromatic rings. The second-order valence-electron chi connectivity index (χ2n) is 5.68. The van der Waals surface area contributed by atoms with Crippen LogP contribution in [0.25, 0.3) is 0 Å². The molecule has 2 atom stereocenters. The molecule has 2 unspecified atom stereocenters. The molecule has 8 heteroatoms. The van der Waals surface area contributed by atoms with E-state index in [4.69, 9.17) is 16.3 Å². The first-order valence-electron chi connectivity index (χ1n) is 6.48. The van der Waals surface area contributed by atoms with Gasteiger partial charge in [0.15, 0.2) is 0 Å². The van der Waals surface area contributed by atoms with Crippen LogP contribution in [0.5, 0.6) is 0 Å². The average Bonchev–Trinajstić information content (AvgIpc) is 2.32. The highest BCUT2D eigenvalue weighted by molar-refractivity contribution is 9.10. The van der Waals surface area contributed by atoms with Crippen LogP contribution in [0.1, 0.15) is 32.4 Å². The van der Waals surface area contributed by atoms with Gasteiger partial charge >= 0.3 is 6.09 Å². The van der Waals surface area contributed by atoms with Crippen LogP contribution in [0.4, 0.5) is 9.18 Å². The summed E-state index contributed by atoms with van der Waals surface area (Å²) in [5.74, 6) is -0.761. The highest BCUT2D eigenvalue weighted by Crippen LogP contribution is 2.31. The van der Waals surface area contributed by atoms with Crippen molar-refractivity contribution in [3.05, 3.63) is 33.0 Å². The minimum atomic E-state index is -1.54. The van der Waals surface area contributed by atoms with Gasteiger partial charge in [-0.25, -0.2) is 9.18 Å². The Balaban J connectivity index is 2.70. The third-order valence-corrected chi connectivity index (χ3v) is 3.43. The lowest BCUT2D eigenvalue weighted by molar-refractivity contribution is 0.0109. The maximum absolute atomic E-state index is 13.8. The van der Waals surface area contributed by atoms with Gasteiger partial charge in [0.2, 0.25) is 0 Å². The van der Waals surface area contributed by atoms with Gasteiger partial charge < -0.3 is 20.3 Å². The van der Waals surface area contributed by atoms with E-state index in [1.165, 1.54) is 6.07 Å². The molecule has 0 aliphatic carbocycles. The van der Waals surface area contributed by atoms with Gasteiger partial charge in [0.25, 0.3) is 0 Å². The number of aliphatic hydroxyl groups is 2. The Bertz CT molecular complexity index is 527. The Kier molecular flexibility index (Phi) is 6.61. The summed E-state index contributed by atoms with van der Waals surface area (Å²) in [5.41, 5.74) is -0.818. The smallest absolute Gasteiger partial charge is 0.407 e. The van der Waals surface area contributed by atoms with Gasteiger partial charge in [-0.15, -0.1) is 0 Å². The molecule has 1 aromatic carbocycles. The van der Waals surface area contributed by atoms with E-state index in [1.807, 2.05) is 0 Å². The molecule has 0 saturated carbocycles. The molecule has 5 nitrogen and oxygen atoms in total. The summed E-state index contributed by atoms with van der Waals surface area (Å²) in [6, 6.07) is 2.43. The number of alkyl carbamates (subject to hydrolysis) is 1. The Morgan fingerprint density at radius 2 is 2.05 bits per heavy atom. The van der Waals surface area contributed by atoms with Crippen molar-refractivity contribution in [1.29, 1.82) is 0 Å². The van der Waals surface area contributed by atoms with E-state index < -0.39 is 29.7 Å². The Morgan fingerprint density at radius 1 is 1.45 bits per heavy atom. The molecule has 0 spiro atoms. The number of hydrogen-bond donors (Lipinski definition) is 3. The molecular formula is C14H18BrClFNO4. The number of aliphatic hydroxyl groups excluding tert-OH is 2. The molecule has 0 heterocycles. The fraction of sp³-hybridized carbons (Fsp3) is 0.500. The van der Waals surface area contributed by atoms with Crippen molar-refractivity contribution >= 4 is 33.6 Å². The van der Waals surface area contributed by atoms with Crippen LogP contribution in [0.15, 0.2) is 16.6 Å². The highest BCUT2D eigenvalue weighted by Gasteiger charge is 2.25. The maximum atomic E-state index is 13.8. The van der Waals surface area contributed by atoms with Crippen molar-refractivity contribution < 1.29 is 24.1 Å². The SMILES string of the molecule is CC(C)(C)OC(=O)NCC(O)C(O)c1c(F)cc(Cl)cc1Br. The normalized spacial score (nSPS) is 14.4. The summed E-state index contributed by atoms with van der Waals surface area (Å²) >= 11 is 8.76. The van der Waals surface area contributed by atoms with Gasteiger partial charge in [0, 0.05) is 21.6 Å². The molecule has 124 valence electrons. The quantitative estimate of drug-likeness (QED) is 0.728. The molecule has 22 heavy (non-hydrogen) atoms. The number of rotatable bonds is 4. The second kappa shape index (κ2) is 7.59. The van der Waals surface area contributed by atoms with Gasteiger partial charge in [-0.1, -0.05) is 27.5 Å². The minimum absolute atomic E-state index is 0.136. The second-order valence-corrected chi connectivity index (χ2v) is 6.97. The van der Waals surface area contributed by atoms with Crippen molar-refractivity contribution in [2.45, 2.75) is 38.6 Å².